The molecule has 64 valence electrons. The van der Waals surface area contributed by atoms with E-state index in [1.165, 1.54) is 19.3 Å². The van der Waals surface area contributed by atoms with Gasteiger partial charge in [-0.1, -0.05) is 0 Å². The van der Waals surface area contributed by atoms with Crippen LogP contribution in [0.3, 0.4) is 0 Å². The first-order valence-electron chi connectivity index (χ1n) is 3.64. The van der Waals surface area contributed by atoms with E-state index in [0.29, 0.717) is 6.42 Å². The Morgan fingerprint density at radius 3 is 2.92 bits per heavy atom. The molecule has 0 spiro atoms. The summed E-state index contributed by atoms with van der Waals surface area (Å²) in [5, 5.41) is 16.4. The van der Waals surface area contributed by atoms with Crippen LogP contribution in [0.2, 0.25) is 0 Å². The van der Waals surface area contributed by atoms with Crippen molar-refractivity contribution in [3.05, 3.63) is 24.0 Å². The van der Waals surface area contributed by atoms with E-state index < -0.39 is 6.10 Å². The van der Waals surface area contributed by atoms with Gasteiger partial charge in [0.25, 0.3) is 0 Å². The fourth-order valence-electron chi connectivity index (χ4n) is 0.806. The Bertz CT molecular complexity index is 261. The summed E-state index contributed by atoms with van der Waals surface area (Å²) >= 11 is 0. The SMILES string of the molecule is CC(=O)C(O)Cc1ccnnc1. The Morgan fingerprint density at radius 2 is 2.42 bits per heavy atom. The van der Waals surface area contributed by atoms with Gasteiger partial charge in [-0.3, -0.25) is 4.79 Å². The molecule has 0 saturated heterocycles. The molecule has 1 unspecified atom stereocenters. The van der Waals surface area contributed by atoms with Gasteiger partial charge < -0.3 is 5.11 Å². The first-order chi connectivity index (χ1) is 5.70. The highest BCUT2D eigenvalue weighted by Gasteiger charge is 2.09. The van der Waals surface area contributed by atoms with Gasteiger partial charge in [-0.2, -0.15) is 10.2 Å². The van der Waals surface area contributed by atoms with E-state index in [1.54, 1.807) is 6.07 Å². The van der Waals surface area contributed by atoms with E-state index in [4.69, 9.17) is 0 Å². The highest BCUT2D eigenvalue weighted by Crippen LogP contribution is 2.00. The molecule has 0 aliphatic heterocycles. The fourth-order valence-corrected chi connectivity index (χ4v) is 0.806. The second kappa shape index (κ2) is 3.92. The topological polar surface area (TPSA) is 63.1 Å². The van der Waals surface area contributed by atoms with Crippen molar-refractivity contribution in [2.24, 2.45) is 0 Å². The van der Waals surface area contributed by atoms with E-state index >= 15 is 0 Å². The van der Waals surface area contributed by atoms with Crippen LogP contribution in [0.5, 0.6) is 0 Å². The molecule has 1 aromatic rings. The second-order valence-corrected chi connectivity index (χ2v) is 2.58. The van der Waals surface area contributed by atoms with E-state index in [-0.39, 0.29) is 5.78 Å². The molecule has 4 heteroatoms. The minimum Gasteiger partial charge on any atom is -0.385 e. The molecule has 1 aromatic heterocycles. The van der Waals surface area contributed by atoms with Gasteiger partial charge in [-0.15, -0.1) is 0 Å². The fraction of sp³-hybridized carbons (Fsp3) is 0.375. The summed E-state index contributed by atoms with van der Waals surface area (Å²) in [6, 6.07) is 1.72. The van der Waals surface area contributed by atoms with Gasteiger partial charge in [0.05, 0.1) is 6.20 Å². The number of carbonyl (C=O) groups is 1. The summed E-state index contributed by atoms with van der Waals surface area (Å²) in [6.45, 7) is 1.36. The summed E-state index contributed by atoms with van der Waals surface area (Å²) < 4.78 is 0. The molecule has 0 radical (unpaired) electrons. The van der Waals surface area contributed by atoms with Crippen molar-refractivity contribution < 1.29 is 9.90 Å². The number of carbonyl (C=O) groups excluding carboxylic acids is 1. The van der Waals surface area contributed by atoms with Gasteiger partial charge in [0.2, 0.25) is 0 Å². The molecule has 0 aromatic carbocycles. The molecule has 1 heterocycles. The lowest BCUT2D eigenvalue weighted by atomic mass is 10.1. The smallest absolute Gasteiger partial charge is 0.158 e. The van der Waals surface area contributed by atoms with Gasteiger partial charge in [0.1, 0.15) is 6.10 Å². The van der Waals surface area contributed by atoms with Crippen molar-refractivity contribution in [2.45, 2.75) is 19.4 Å². The summed E-state index contributed by atoms with van der Waals surface area (Å²) in [7, 11) is 0. The van der Waals surface area contributed by atoms with E-state index in [1.807, 2.05) is 0 Å². The van der Waals surface area contributed by atoms with Crippen LogP contribution >= 0.6 is 0 Å². The normalized spacial score (nSPS) is 12.5. The number of aromatic nitrogens is 2. The van der Waals surface area contributed by atoms with Crippen molar-refractivity contribution in [1.82, 2.24) is 10.2 Å². The average Bonchev–Trinajstić information content (AvgIpc) is 2.06. The van der Waals surface area contributed by atoms with Crippen LogP contribution in [0.4, 0.5) is 0 Å². The third-order valence-electron chi connectivity index (χ3n) is 1.54. The van der Waals surface area contributed by atoms with Crippen LogP contribution in [-0.2, 0) is 11.2 Å². The van der Waals surface area contributed by atoms with Gasteiger partial charge in [0, 0.05) is 12.6 Å². The molecular formula is C8H10N2O2. The quantitative estimate of drug-likeness (QED) is 0.684. The van der Waals surface area contributed by atoms with Crippen LogP contribution in [0.25, 0.3) is 0 Å². The maximum atomic E-state index is 10.7. The molecule has 0 saturated carbocycles. The molecule has 1 atom stereocenters. The van der Waals surface area contributed by atoms with Crippen LogP contribution in [0.15, 0.2) is 18.5 Å². The van der Waals surface area contributed by atoms with Gasteiger partial charge >= 0.3 is 0 Å². The van der Waals surface area contributed by atoms with Crippen molar-refractivity contribution in [3.63, 3.8) is 0 Å². The van der Waals surface area contributed by atoms with Crippen molar-refractivity contribution in [2.75, 3.05) is 0 Å². The summed E-state index contributed by atoms with van der Waals surface area (Å²) in [5.41, 5.74) is 0.813. The first-order valence-corrected chi connectivity index (χ1v) is 3.64. The Balaban J connectivity index is 2.58. The third-order valence-corrected chi connectivity index (χ3v) is 1.54. The summed E-state index contributed by atoms with van der Waals surface area (Å²) in [6.07, 6.45) is 2.45. The number of aliphatic hydroxyl groups is 1. The number of aliphatic hydroxyl groups excluding tert-OH is 1. The lowest BCUT2D eigenvalue weighted by Gasteiger charge is -2.04. The largest absolute Gasteiger partial charge is 0.385 e. The Labute approximate surface area is 70.3 Å². The Hall–Kier alpha value is -1.29. The summed E-state index contributed by atoms with van der Waals surface area (Å²) in [5.74, 6) is -0.230. The molecule has 0 aliphatic carbocycles. The zero-order valence-electron chi connectivity index (χ0n) is 6.77. The van der Waals surface area contributed by atoms with Crippen molar-refractivity contribution in [1.29, 1.82) is 0 Å². The number of Topliss-reactive ketones (excluding diaryl/α,β-unsaturated/α-hetero) is 1. The molecule has 0 aliphatic rings. The number of hydrogen-bond donors (Lipinski definition) is 1. The van der Waals surface area contributed by atoms with Crippen LogP contribution in [0.1, 0.15) is 12.5 Å². The van der Waals surface area contributed by atoms with Crippen molar-refractivity contribution >= 4 is 5.78 Å². The van der Waals surface area contributed by atoms with Gasteiger partial charge in [-0.05, 0) is 18.6 Å². The van der Waals surface area contributed by atoms with Crippen LogP contribution in [0, 0.1) is 0 Å². The number of ketones is 1. The molecular weight excluding hydrogens is 156 g/mol. The number of hydrogen-bond acceptors (Lipinski definition) is 4. The molecule has 0 amide bonds. The lowest BCUT2D eigenvalue weighted by molar-refractivity contribution is -0.124. The highest BCUT2D eigenvalue weighted by molar-refractivity contribution is 5.80. The van der Waals surface area contributed by atoms with E-state index in [0.717, 1.165) is 5.56 Å². The lowest BCUT2D eigenvalue weighted by Crippen LogP contribution is -2.19. The predicted octanol–water partition coefficient (Wildman–Crippen LogP) is -0.0310. The minimum atomic E-state index is -0.922. The average molecular weight is 166 g/mol. The third kappa shape index (κ3) is 2.39. The highest BCUT2D eigenvalue weighted by atomic mass is 16.3. The summed E-state index contributed by atoms with van der Waals surface area (Å²) in [4.78, 5) is 10.7. The monoisotopic (exact) mass is 166 g/mol. The number of rotatable bonds is 3. The molecule has 1 rings (SSSR count). The van der Waals surface area contributed by atoms with E-state index in [9.17, 15) is 9.90 Å². The van der Waals surface area contributed by atoms with Gasteiger partial charge in [-0.25, -0.2) is 0 Å². The maximum Gasteiger partial charge on any atom is 0.158 e. The molecule has 12 heavy (non-hydrogen) atoms. The van der Waals surface area contributed by atoms with Crippen LogP contribution in [-0.4, -0.2) is 27.2 Å². The van der Waals surface area contributed by atoms with E-state index in [2.05, 4.69) is 10.2 Å². The maximum absolute atomic E-state index is 10.7. The standard InChI is InChI=1S/C8H10N2O2/c1-6(11)8(12)4-7-2-3-9-10-5-7/h2-3,5,8,12H,4H2,1H3. The Kier molecular flexibility index (Phi) is 2.88. The minimum absolute atomic E-state index is 0.230. The molecule has 0 bridgehead atoms. The van der Waals surface area contributed by atoms with Crippen LogP contribution < -0.4 is 0 Å². The molecule has 4 nitrogen and oxygen atoms in total. The second-order valence-electron chi connectivity index (χ2n) is 2.58. The molecule has 0 fully saturated rings. The number of nitrogens with zero attached hydrogens (tertiary/aromatic N) is 2. The zero-order chi connectivity index (χ0) is 8.97. The van der Waals surface area contributed by atoms with Gasteiger partial charge in [0.15, 0.2) is 5.78 Å². The van der Waals surface area contributed by atoms with Crippen molar-refractivity contribution in [3.8, 4) is 0 Å². The first kappa shape index (κ1) is 8.80. The zero-order valence-corrected chi connectivity index (χ0v) is 6.77. The molecule has 1 N–H and O–H groups in total. The predicted molar refractivity (Wildman–Crippen MR) is 42.4 cm³/mol. The Morgan fingerprint density at radius 1 is 1.67 bits per heavy atom.